The van der Waals surface area contributed by atoms with Gasteiger partial charge < -0.3 is 14.5 Å². The summed E-state index contributed by atoms with van der Waals surface area (Å²) in [7, 11) is 5.72. The Labute approximate surface area is 167 Å². The molecule has 0 bridgehead atoms. The van der Waals surface area contributed by atoms with Crippen LogP contribution >= 0.6 is 0 Å². The Bertz CT molecular complexity index is 732. The smallest absolute Gasteiger partial charge is 0.310 e. The predicted molar refractivity (Wildman–Crippen MR) is 111 cm³/mol. The third kappa shape index (κ3) is 7.53. The first-order valence-corrected chi connectivity index (χ1v) is 9.59. The Hall–Kier alpha value is -2.66. The molecule has 1 atom stereocenters. The lowest BCUT2D eigenvalue weighted by Gasteiger charge is -2.22. The average Bonchev–Trinajstić information content (AvgIpc) is 2.71. The maximum atomic E-state index is 12.7. The quantitative estimate of drug-likeness (QED) is 0.593. The van der Waals surface area contributed by atoms with E-state index < -0.39 is 5.92 Å². The summed E-state index contributed by atoms with van der Waals surface area (Å²) in [6, 6.07) is 19.3. The topological polar surface area (TPSA) is 49.9 Å². The van der Waals surface area contributed by atoms with Gasteiger partial charge in [0.1, 0.15) is 6.61 Å². The fourth-order valence-corrected chi connectivity index (χ4v) is 2.83. The number of likely N-dealkylation sites (N-methyl/N-ethyl adjacent to an activating group) is 2. The molecule has 150 valence electrons. The molecule has 5 heteroatoms. The van der Waals surface area contributed by atoms with E-state index in [1.165, 1.54) is 0 Å². The molecule has 0 saturated heterocycles. The van der Waals surface area contributed by atoms with Gasteiger partial charge in [-0.05, 0) is 31.6 Å². The summed E-state index contributed by atoms with van der Waals surface area (Å²) in [4.78, 5) is 29.1. The van der Waals surface area contributed by atoms with Gasteiger partial charge in [0, 0.05) is 26.6 Å². The first-order valence-electron chi connectivity index (χ1n) is 9.59. The van der Waals surface area contributed by atoms with Crippen molar-refractivity contribution in [3.05, 3.63) is 71.8 Å². The fraction of sp³-hybridized carbons (Fsp3) is 0.391. The maximum Gasteiger partial charge on any atom is 0.310 e. The number of esters is 1. The van der Waals surface area contributed by atoms with Crippen molar-refractivity contribution in [1.29, 1.82) is 0 Å². The van der Waals surface area contributed by atoms with Crippen LogP contribution in [0.3, 0.4) is 0 Å². The zero-order valence-corrected chi connectivity index (χ0v) is 17.0. The molecule has 0 aliphatic rings. The first kappa shape index (κ1) is 21.6. The summed E-state index contributed by atoms with van der Waals surface area (Å²) in [6.45, 7) is 1.63. The minimum absolute atomic E-state index is 0.0422. The Balaban J connectivity index is 2.01. The van der Waals surface area contributed by atoms with Crippen LogP contribution in [0.1, 0.15) is 17.5 Å². The van der Waals surface area contributed by atoms with Crippen molar-refractivity contribution in [3.8, 4) is 0 Å². The second kappa shape index (κ2) is 11.2. The SMILES string of the molecule is CN(C)CCN(C)C(=O)C[C@@H](Cc1ccccc1)C(=O)OCc1ccccc1. The third-order valence-electron chi connectivity index (χ3n) is 4.61. The number of amides is 1. The molecule has 0 heterocycles. The van der Waals surface area contributed by atoms with Gasteiger partial charge in [0.05, 0.1) is 5.92 Å². The molecule has 0 N–H and O–H groups in total. The highest BCUT2D eigenvalue weighted by Crippen LogP contribution is 2.17. The summed E-state index contributed by atoms with van der Waals surface area (Å²) >= 11 is 0. The predicted octanol–water partition coefficient (Wildman–Crippen LogP) is 3.00. The van der Waals surface area contributed by atoms with E-state index in [1.54, 1.807) is 11.9 Å². The Kier molecular flexibility index (Phi) is 8.69. The highest BCUT2D eigenvalue weighted by Gasteiger charge is 2.25. The van der Waals surface area contributed by atoms with Crippen LogP contribution in [-0.2, 0) is 27.4 Å². The van der Waals surface area contributed by atoms with Crippen molar-refractivity contribution in [2.75, 3.05) is 34.2 Å². The molecule has 1 amide bonds. The summed E-state index contributed by atoms with van der Waals surface area (Å²) in [6.07, 6.45) is 0.633. The van der Waals surface area contributed by atoms with Crippen LogP contribution in [0.4, 0.5) is 0 Å². The normalized spacial score (nSPS) is 11.9. The van der Waals surface area contributed by atoms with Gasteiger partial charge in [0.2, 0.25) is 5.91 Å². The second-order valence-corrected chi connectivity index (χ2v) is 7.30. The molecule has 28 heavy (non-hydrogen) atoms. The van der Waals surface area contributed by atoms with Crippen LogP contribution in [0, 0.1) is 5.92 Å². The van der Waals surface area contributed by atoms with Crippen molar-refractivity contribution in [2.24, 2.45) is 5.92 Å². The number of nitrogens with zero attached hydrogens (tertiary/aromatic N) is 2. The molecule has 0 aliphatic heterocycles. The van der Waals surface area contributed by atoms with Crippen molar-refractivity contribution in [2.45, 2.75) is 19.4 Å². The Morgan fingerprint density at radius 1 is 0.857 bits per heavy atom. The molecular formula is C23H30N2O3. The van der Waals surface area contributed by atoms with Crippen molar-refractivity contribution < 1.29 is 14.3 Å². The molecule has 0 aromatic heterocycles. The van der Waals surface area contributed by atoms with Crippen LogP contribution < -0.4 is 0 Å². The van der Waals surface area contributed by atoms with Crippen molar-refractivity contribution in [1.82, 2.24) is 9.80 Å². The van der Waals surface area contributed by atoms with Gasteiger partial charge in [-0.25, -0.2) is 0 Å². The third-order valence-corrected chi connectivity index (χ3v) is 4.61. The number of hydrogen-bond donors (Lipinski definition) is 0. The zero-order valence-electron chi connectivity index (χ0n) is 17.0. The Morgan fingerprint density at radius 3 is 2.00 bits per heavy atom. The van der Waals surface area contributed by atoms with Gasteiger partial charge in [-0.1, -0.05) is 60.7 Å². The minimum Gasteiger partial charge on any atom is -0.461 e. The summed E-state index contributed by atoms with van der Waals surface area (Å²) in [5.74, 6) is -0.873. The van der Waals surface area contributed by atoms with E-state index in [2.05, 4.69) is 0 Å². The summed E-state index contributed by atoms with van der Waals surface area (Å²) in [5, 5.41) is 0. The van der Waals surface area contributed by atoms with Gasteiger partial charge in [-0.2, -0.15) is 0 Å². The van der Waals surface area contributed by atoms with Gasteiger partial charge in [0.25, 0.3) is 0 Å². The molecule has 0 spiro atoms. The lowest BCUT2D eigenvalue weighted by Crippen LogP contribution is -2.36. The maximum absolute atomic E-state index is 12.7. The number of ether oxygens (including phenoxy) is 1. The van der Waals surface area contributed by atoms with Crippen LogP contribution in [-0.4, -0.2) is 55.9 Å². The zero-order chi connectivity index (χ0) is 20.4. The van der Waals surface area contributed by atoms with E-state index >= 15 is 0 Å². The average molecular weight is 383 g/mol. The van der Waals surface area contributed by atoms with Gasteiger partial charge >= 0.3 is 5.97 Å². The monoisotopic (exact) mass is 382 g/mol. The van der Waals surface area contributed by atoms with E-state index in [-0.39, 0.29) is 24.9 Å². The van der Waals surface area contributed by atoms with Crippen LogP contribution in [0.2, 0.25) is 0 Å². The highest BCUT2D eigenvalue weighted by atomic mass is 16.5. The number of rotatable bonds is 10. The molecule has 2 aromatic carbocycles. The van der Waals surface area contributed by atoms with Gasteiger partial charge in [0.15, 0.2) is 0 Å². The van der Waals surface area contributed by atoms with Crippen molar-refractivity contribution >= 4 is 11.9 Å². The second-order valence-electron chi connectivity index (χ2n) is 7.30. The van der Waals surface area contributed by atoms with Crippen LogP contribution in [0.15, 0.2) is 60.7 Å². The Morgan fingerprint density at radius 2 is 1.43 bits per heavy atom. The van der Waals surface area contributed by atoms with E-state index in [4.69, 9.17) is 4.74 Å². The van der Waals surface area contributed by atoms with Crippen molar-refractivity contribution in [3.63, 3.8) is 0 Å². The lowest BCUT2D eigenvalue weighted by molar-refractivity contribution is -0.152. The fourth-order valence-electron chi connectivity index (χ4n) is 2.83. The molecule has 2 aromatic rings. The number of carbonyl (C=O) groups excluding carboxylic acids is 2. The van der Waals surface area contributed by atoms with E-state index in [0.29, 0.717) is 13.0 Å². The number of hydrogen-bond acceptors (Lipinski definition) is 4. The van der Waals surface area contributed by atoms with E-state index in [1.807, 2.05) is 79.7 Å². The summed E-state index contributed by atoms with van der Waals surface area (Å²) < 4.78 is 5.52. The molecule has 2 rings (SSSR count). The summed E-state index contributed by atoms with van der Waals surface area (Å²) in [5.41, 5.74) is 1.96. The standard InChI is InChI=1S/C23H30N2O3/c1-24(2)14-15-25(3)22(26)17-21(16-19-10-6-4-7-11-19)23(27)28-18-20-12-8-5-9-13-20/h4-13,21H,14-18H2,1-3H3/t21-/m1/s1. The molecule has 0 unspecified atom stereocenters. The lowest BCUT2D eigenvalue weighted by atomic mass is 9.95. The first-order chi connectivity index (χ1) is 13.5. The molecule has 0 saturated carbocycles. The van der Waals surface area contributed by atoms with Gasteiger partial charge in [-0.15, -0.1) is 0 Å². The molecule has 0 fully saturated rings. The molecular weight excluding hydrogens is 352 g/mol. The number of carbonyl (C=O) groups is 2. The van der Waals surface area contributed by atoms with Gasteiger partial charge in [-0.3, -0.25) is 9.59 Å². The van der Waals surface area contributed by atoms with E-state index in [0.717, 1.165) is 17.7 Å². The van der Waals surface area contributed by atoms with E-state index in [9.17, 15) is 9.59 Å². The molecule has 0 aliphatic carbocycles. The highest BCUT2D eigenvalue weighted by molar-refractivity contribution is 5.83. The van der Waals surface area contributed by atoms with Crippen LogP contribution in [0.25, 0.3) is 0 Å². The molecule has 5 nitrogen and oxygen atoms in total. The largest absolute Gasteiger partial charge is 0.461 e. The molecule has 0 radical (unpaired) electrons. The van der Waals surface area contributed by atoms with Crippen LogP contribution in [0.5, 0.6) is 0 Å². The minimum atomic E-state index is -0.500. The number of benzene rings is 2.